The fourth-order valence-electron chi connectivity index (χ4n) is 3.67. The van der Waals surface area contributed by atoms with Gasteiger partial charge in [-0.25, -0.2) is 4.68 Å². The average Bonchev–Trinajstić information content (AvgIpc) is 3.21. The maximum atomic E-state index is 12.8. The SMILES string of the molecule is Cl.Cl.O=C(c1cnn(-c2cccnc2)c1)N1CC[C@@H]2CNC[C@@H]2CC1. The van der Waals surface area contributed by atoms with E-state index in [1.54, 1.807) is 29.5 Å². The zero-order valence-electron chi connectivity index (χ0n) is 13.9. The monoisotopic (exact) mass is 383 g/mol. The van der Waals surface area contributed by atoms with Gasteiger partial charge in [-0.15, -0.1) is 24.8 Å². The van der Waals surface area contributed by atoms with Gasteiger partial charge in [-0.3, -0.25) is 9.78 Å². The van der Waals surface area contributed by atoms with Crippen LogP contribution < -0.4 is 5.32 Å². The van der Waals surface area contributed by atoms with E-state index in [0.29, 0.717) is 5.56 Å². The van der Waals surface area contributed by atoms with Crippen molar-refractivity contribution in [2.45, 2.75) is 12.8 Å². The van der Waals surface area contributed by atoms with Crippen LogP contribution in [0.2, 0.25) is 0 Å². The third kappa shape index (κ3) is 4.14. The number of fused-ring (bicyclic) bond motifs is 1. The number of nitrogens with one attached hydrogen (secondary N) is 1. The van der Waals surface area contributed by atoms with E-state index in [0.717, 1.165) is 56.5 Å². The van der Waals surface area contributed by atoms with Crippen LogP contribution in [0.25, 0.3) is 5.69 Å². The molecule has 0 radical (unpaired) electrons. The molecule has 25 heavy (non-hydrogen) atoms. The van der Waals surface area contributed by atoms with Crippen LogP contribution in [-0.2, 0) is 0 Å². The molecule has 2 aliphatic rings. The van der Waals surface area contributed by atoms with Crippen molar-refractivity contribution in [1.82, 2.24) is 25.0 Å². The lowest BCUT2D eigenvalue weighted by Gasteiger charge is -2.20. The summed E-state index contributed by atoms with van der Waals surface area (Å²) in [6.45, 7) is 3.90. The van der Waals surface area contributed by atoms with E-state index >= 15 is 0 Å². The Hall–Kier alpha value is -1.63. The molecule has 2 aromatic rings. The first-order valence-electron chi connectivity index (χ1n) is 8.26. The lowest BCUT2D eigenvalue weighted by atomic mass is 9.92. The summed E-state index contributed by atoms with van der Waals surface area (Å²) < 4.78 is 1.71. The summed E-state index contributed by atoms with van der Waals surface area (Å²) in [5.41, 5.74) is 1.52. The number of amides is 1. The Balaban J connectivity index is 0.00000113. The Bertz CT molecular complexity index is 679. The number of pyridine rings is 1. The summed E-state index contributed by atoms with van der Waals surface area (Å²) in [6, 6.07) is 3.79. The van der Waals surface area contributed by atoms with Crippen molar-refractivity contribution in [3.8, 4) is 5.69 Å². The van der Waals surface area contributed by atoms with Gasteiger partial charge in [-0.05, 0) is 49.9 Å². The Kier molecular flexibility index (Phi) is 6.81. The maximum Gasteiger partial charge on any atom is 0.257 e. The van der Waals surface area contributed by atoms with Gasteiger partial charge in [-0.1, -0.05) is 0 Å². The molecular weight excluding hydrogens is 361 g/mol. The first kappa shape index (κ1) is 19.7. The van der Waals surface area contributed by atoms with Crippen molar-refractivity contribution in [3.63, 3.8) is 0 Å². The summed E-state index contributed by atoms with van der Waals surface area (Å²) in [5.74, 6) is 1.55. The minimum atomic E-state index is 0. The van der Waals surface area contributed by atoms with Crippen LogP contribution in [0.3, 0.4) is 0 Å². The normalized spacial score (nSPS) is 22.3. The third-order valence-corrected chi connectivity index (χ3v) is 5.05. The molecule has 2 atom stereocenters. The van der Waals surface area contributed by atoms with Crippen molar-refractivity contribution in [2.75, 3.05) is 26.2 Å². The summed E-state index contributed by atoms with van der Waals surface area (Å²) in [5, 5.41) is 7.77. The molecule has 2 aromatic heterocycles. The van der Waals surface area contributed by atoms with E-state index in [1.165, 1.54) is 0 Å². The second-order valence-electron chi connectivity index (χ2n) is 6.43. The number of halogens is 2. The molecule has 2 fully saturated rings. The van der Waals surface area contributed by atoms with E-state index < -0.39 is 0 Å². The van der Waals surface area contributed by atoms with Gasteiger partial charge in [-0.2, -0.15) is 5.10 Å². The molecule has 0 aliphatic carbocycles. The van der Waals surface area contributed by atoms with Gasteiger partial charge >= 0.3 is 0 Å². The van der Waals surface area contributed by atoms with Gasteiger partial charge in [0.1, 0.15) is 0 Å². The molecule has 4 rings (SSSR count). The number of nitrogens with zero attached hydrogens (tertiary/aromatic N) is 4. The van der Waals surface area contributed by atoms with E-state index in [9.17, 15) is 4.79 Å². The quantitative estimate of drug-likeness (QED) is 0.862. The summed E-state index contributed by atoms with van der Waals surface area (Å²) >= 11 is 0. The maximum absolute atomic E-state index is 12.8. The van der Waals surface area contributed by atoms with E-state index in [2.05, 4.69) is 15.4 Å². The molecule has 0 bridgehead atoms. The Morgan fingerprint density at radius 3 is 2.48 bits per heavy atom. The highest BCUT2D eigenvalue weighted by Crippen LogP contribution is 2.27. The van der Waals surface area contributed by atoms with Gasteiger partial charge in [0.05, 0.1) is 23.6 Å². The molecule has 4 heterocycles. The molecule has 1 N–H and O–H groups in total. The predicted octanol–water partition coefficient (Wildman–Crippen LogP) is 2.18. The van der Waals surface area contributed by atoms with Crippen LogP contribution in [-0.4, -0.2) is 51.8 Å². The number of carbonyl (C=O) groups excluding carboxylic acids is 1. The first-order chi connectivity index (χ1) is 11.3. The number of aromatic nitrogens is 3. The van der Waals surface area contributed by atoms with E-state index in [4.69, 9.17) is 0 Å². The molecule has 6 nitrogen and oxygen atoms in total. The smallest absolute Gasteiger partial charge is 0.257 e. The van der Waals surface area contributed by atoms with E-state index in [-0.39, 0.29) is 30.7 Å². The lowest BCUT2D eigenvalue weighted by molar-refractivity contribution is 0.0758. The number of hydrogen-bond donors (Lipinski definition) is 1. The molecule has 136 valence electrons. The second-order valence-corrected chi connectivity index (χ2v) is 6.43. The fourth-order valence-corrected chi connectivity index (χ4v) is 3.67. The van der Waals surface area contributed by atoms with Crippen LogP contribution >= 0.6 is 24.8 Å². The Labute approximate surface area is 159 Å². The molecule has 1 amide bonds. The fraction of sp³-hybridized carbons (Fsp3) is 0.471. The molecule has 0 aromatic carbocycles. The van der Waals surface area contributed by atoms with Crippen LogP contribution in [0.5, 0.6) is 0 Å². The third-order valence-electron chi connectivity index (χ3n) is 5.05. The molecular formula is C17H23Cl2N5O. The average molecular weight is 384 g/mol. The number of rotatable bonds is 2. The molecule has 2 aliphatic heterocycles. The summed E-state index contributed by atoms with van der Waals surface area (Å²) in [6.07, 6.45) is 9.11. The minimum absolute atomic E-state index is 0. The minimum Gasteiger partial charge on any atom is -0.339 e. The number of likely N-dealkylation sites (tertiary alicyclic amines) is 1. The topological polar surface area (TPSA) is 63.1 Å². The van der Waals surface area contributed by atoms with Crippen LogP contribution in [0.1, 0.15) is 23.2 Å². The molecule has 2 saturated heterocycles. The van der Waals surface area contributed by atoms with Crippen molar-refractivity contribution >= 4 is 30.7 Å². The lowest BCUT2D eigenvalue weighted by Crippen LogP contribution is -2.32. The zero-order chi connectivity index (χ0) is 15.6. The molecule has 0 unspecified atom stereocenters. The predicted molar refractivity (Wildman–Crippen MR) is 101 cm³/mol. The van der Waals surface area contributed by atoms with Gasteiger partial charge in [0, 0.05) is 25.5 Å². The van der Waals surface area contributed by atoms with Gasteiger partial charge in [0.25, 0.3) is 5.91 Å². The van der Waals surface area contributed by atoms with Crippen molar-refractivity contribution in [2.24, 2.45) is 11.8 Å². The van der Waals surface area contributed by atoms with Crippen LogP contribution in [0, 0.1) is 11.8 Å². The summed E-state index contributed by atoms with van der Waals surface area (Å²) in [4.78, 5) is 18.8. The number of hydrogen-bond acceptors (Lipinski definition) is 4. The van der Waals surface area contributed by atoms with Crippen molar-refractivity contribution in [3.05, 3.63) is 42.5 Å². The molecule has 8 heteroatoms. The van der Waals surface area contributed by atoms with Crippen LogP contribution in [0.15, 0.2) is 36.9 Å². The Morgan fingerprint density at radius 2 is 1.84 bits per heavy atom. The largest absolute Gasteiger partial charge is 0.339 e. The standard InChI is InChI=1S/C17H21N5O.2ClH/c23-17(21-6-3-13-8-19-9-14(13)4-7-21)15-10-20-22(12-15)16-2-1-5-18-11-16;;/h1-2,5,10-14,19H,3-4,6-9H2;2*1H/t13-,14+;;. The molecule has 0 spiro atoms. The second kappa shape index (κ2) is 8.65. The van der Waals surface area contributed by atoms with Crippen LogP contribution in [0.4, 0.5) is 0 Å². The Morgan fingerprint density at radius 1 is 1.12 bits per heavy atom. The molecule has 0 saturated carbocycles. The van der Waals surface area contributed by atoms with Crippen molar-refractivity contribution < 1.29 is 4.79 Å². The van der Waals surface area contributed by atoms with Gasteiger partial charge < -0.3 is 10.2 Å². The highest BCUT2D eigenvalue weighted by Gasteiger charge is 2.31. The highest BCUT2D eigenvalue weighted by molar-refractivity contribution is 5.93. The van der Waals surface area contributed by atoms with Gasteiger partial charge in [0.15, 0.2) is 0 Å². The number of carbonyl (C=O) groups is 1. The highest BCUT2D eigenvalue weighted by atomic mass is 35.5. The van der Waals surface area contributed by atoms with Crippen molar-refractivity contribution in [1.29, 1.82) is 0 Å². The first-order valence-corrected chi connectivity index (χ1v) is 8.26. The zero-order valence-corrected chi connectivity index (χ0v) is 15.5. The summed E-state index contributed by atoms with van der Waals surface area (Å²) in [7, 11) is 0. The van der Waals surface area contributed by atoms with E-state index in [1.807, 2.05) is 17.0 Å². The van der Waals surface area contributed by atoms with Gasteiger partial charge in [0.2, 0.25) is 0 Å².